The number of anilines is 1. The van der Waals surface area contributed by atoms with Gasteiger partial charge in [-0.25, -0.2) is 0 Å². The van der Waals surface area contributed by atoms with Gasteiger partial charge in [0.1, 0.15) is 12.4 Å². The molecule has 0 saturated carbocycles. The van der Waals surface area contributed by atoms with Gasteiger partial charge in [0, 0.05) is 17.3 Å². The molecule has 1 unspecified atom stereocenters. The van der Waals surface area contributed by atoms with Crippen LogP contribution in [0.15, 0.2) is 42.5 Å². The van der Waals surface area contributed by atoms with Crippen LogP contribution in [-0.2, 0) is 4.74 Å². The van der Waals surface area contributed by atoms with Crippen LogP contribution in [0.25, 0.3) is 0 Å². The van der Waals surface area contributed by atoms with Gasteiger partial charge in [-0.1, -0.05) is 29.8 Å². The molecule has 1 aliphatic rings. The van der Waals surface area contributed by atoms with Crippen LogP contribution in [0.5, 0.6) is 5.75 Å². The lowest BCUT2D eigenvalue weighted by Crippen LogP contribution is -2.19. The Hall–Kier alpha value is -2.04. The first-order chi connectivity index (χ1) is 11.6. The quantitative estimate of drug-likeness (QED) is 0.870. The zero-order valence-corrected chi connectivity index (χ0v) is 14.3. The first kappa shape index (κ1) is 16.8. The number of halogens is 1. The molecular weight excluding hydrogens is 326 g/mol. The second-order valence-corrected chi connectivity index (χ2v) is 6.29. The van der Waals surface area contributed by atoms with Crippen LogP contribution < -0.4 is 10.1 Å². The molecule has 0 bridgehead atoms. The fourth-order valence-electron chi connectivity index (χ4n) is 2.66. The maximum absolute atomic E-state index is 12.6. The van der Waals surface area contributed by atoms with E-state index in [9.17, 15) is 4.79 Å². The number of para-hydroxylation sites is 1. The van der Waals surface area contributed by atoms with Crippen LogP contribution in [0.3, 0.4) is 0 Å². The van der Waals surface area contributed by atoms with Gasteiger partial charge in [-0.15, -0.1) is 0 Å². The van der Waals surface area contributed by atoms with Crippen molar-refractivity contribution in [2.75, 3.05) is 18.5 Å². The number of ether oxygens (including phenoxy) is 2. The lowest BCUT2D eigenvalue weighted by atomic mass is 10.1. The average Bonchev–Trinajstić information content (AvgIpc) is 3.10. The van der Waals surface area contributed by atoms with Crippen molar-refractivity contribution in [1.29, 1.82) is 0 Å². The van der Waals surface area contributed by atoms with Gasteiger partial charge >= 0.3 is 0 Å². The fraction of sp³-hybridized carbons (Fsp3) is 0.316. The number of amides is 1. The molecule has 0 aliphatic carbocycles. The Kier molecular flexibility index (Phi) is 5.38. The van der Waals surface area contributed by atoms with Gasteiger partial charge < -0.3 is 14.8 Å². The fourth-order valence-corrected chi connectivity index (χ4v) is 2.83. The van der Waals surface area contributed by atoms with Gasteiger partial charge in [0.2, 0.25) is 0 Å². The highest BCUT2D eigenvalue weighted by molar-refractivity contribution is 6.31. The molecule has 1 saturated heterocycles. The Labute approximate surface area is 146 Å². The Morgan fingerprint density at radius 1 is 1.33 bits per heavy atom. The highest BCUT2D eigenvalue weighted by atomic mass is 35.5. The summed E-state index contributed by atoms with van der Waals surface area (Å²) in [4.78, 5) is 12.6. The molecule has 2 aromatic carbocycles. The number of nitrogens with one attached hydrogen (secondary N) is 1. The highest BCUT2D eigenvalue weighted by Crippen LogP contribution is 2.24. The van der Waals surface area contributed by atoms with E-state index in [-0.39, 0.29) is 12.0 Å². The number of carbonyl (C=O) groups excluding carboxylic acids is 1. The van der Waals surface area contributed by atoms with Crippen molar-refractivity contribution in [2.24, 2.45) is 0 Å². The maximum atomic E-state index is 12.6. The van der Waals surface area contributed by atoms with Crippen LogP contribution >= 0.6 is 11.6 Å². The number of hydrogen-bond donors (Lipinski definition) is 1. The minimum Gasteiger partial charge on any atom is -0.490 e. The smallest absolute Gasteiger partial charge is 0.259 e. The molecule has 4 nitrogen and oxygen atoms in total. The highest BCUT2D eigenvalue weighted by Gasteiger charge is 2.18. The van der Waals surface area contributed by atoms with Crippen LogP contribution in [0, 0.1) is 6.92 Å². The Bertz CT molecular complexity index is 726. The van der Waals surface area contributed by atoms with E-state index in [0.29, 0.717) is 28.6 Å². The zero-order chi connectivity index (χ0) is 16.9. The second-order valence-electron chi connectivity index (χ2n) is 5.86. The van der Waals surface area contributed by atoms with Crippen LogP contribution in [-0.4, -0.2) is 25.2 Å². The minimum absolute atomic E-state index is 0.108. The molecule has 1 amide bonds. The van der Waals surface area contributed by atoms with E-state index in [1.54, 1.807) is 24.3 Å². The summed E-state index contributed by atoms with van der Waals surface area (Å²) >= 11 is 6.01. The second kappa shape index (κ2) is 7.69. The predicted octanol–water partition coefficient (Wildman–Crippen LogP) is 4.46. The third-order valence-electron chi connectivity index (χ3n) is 4.03. The molecule has 0 radical (unpaired) electrons. The summed E-state index contributed by atoms with van der Waals surface area (Å²) in [6, 6.07) is 12.6. The van der Waals surface area contributed by atoms with Crippen molar-refractivity contribution in [3.63, 3.8) is 0 Å². The summed E-state index contributed by atoms with van der Waals surface area (Å²) in [7, 11) is 0. The molecule has 0 spiro atoms. The third kappa shape index (κ3) is 4.08. The lowest BCUT2D eigenvalue weighted by Gasteiger charge is -2.15. The molecule has 5 heteroatoms. The zero-order valence-electron chi connectivity index (χ0n) is 13.5. The number of carbonyl (C=O) groups is 1. The molecule has 1 heterocycles. The van der Waals surface area contributed by atoms with Crippen LogP contribution in [0.1, 0.15) is 28.8 Å². The standard InChI is InChI=1S/C19H20ClNO3/c1-13-8-9-14(20)11-17(13)21-19(22)16-6-2-3-7-18(16)24-12-15-5-4-10-23-15/h2-3,6-9,11,15H,4-5,10,12H2,1H3,(H,21,22). The molecular formula is C19H20ClNO3. The van der Waals surface area contributed by atoms with E-state index in [1.165, 1.54) is 0 Å². The monoisotopic (exact) mass is 345 g/mol. The molecule has 24 heavy (non-hydrogen) atoms. The molecule has 1 aliphatic heterocycles. The van der Waals surface area contributed by atoms with Gasteiger partial charge in [0.25, 0.3) is 5.91 Å². The molecule has 1 fully saturated rings. The van der Waals surface area contributed by atoms with E-state index in [2.05, 4.69) is 5.32 Å². The van der Waals surface area contributed by atoms with Crippen molar-refractivity contribution >= 4 is 23.2 Å². The third-order valence-corrected chi connectivity index (χ3v) is 4.26. The number of benzene rings is 2. The maximum Gasteiger partial charge on any atom is 0.259 e. The van der Waals surface area contributed by atoms with Gasteiger partial charge in [0.05, 0.1) is 11.7 Å². The minimum atomic E-state index is -0.219. The SMILES string of the molecule is Cc1ccc(Cl)cc1NC(=O)c1ccccc1OCC1CCCO1. The summed E-state index contributed by atoms with van der Waals surface area (Å²) in [6.07, 6.45) is 2.16. The largest absolute Gasteiger partial charge is 0.490 e. The number of hydrogen-bond acceptors (Lipinski definition) is 3. The van der Waals surface area contributed by atoms with Gasteiger partial charge in [-0.2, -0.15) is 0 Å². The van der Waals surface area contributed by atoms with Crippen LogP contribution in [0.2, 0.25) is 5.02 Å². The Morgan fingerprint density at radius 3 is 2.96 bits per heavy atom. The number of rotatable bonds is 5. The molecule has 126 valence electrons. The van der Waals surface area contributed by atoms with E-state index in [4.69, 9.17) is 21.1 Å². The normalized spacial score (nSPS) is 16.8. The Balaban J connectivity index is 1.73. The van der Waals surface area contributed by atoms with E-state index >= 15 is 0 Å². The van der Waals surface area contributed by atoms with Gasteiger partial charge in [0.15, 0.2) is 0 Å². The van der Waals surface area contributed by atoms with E-state index in [0.717, 1.165) is 25.0 Å². The molecule has 1 atom stereocenters. The first-order valence-electron chi connectivity index (χ1n) is 8.04. The summed E-state index contributed by atoms with van der Waals surface area (Å²) in [6.45, 7) is 3.16. The van der Waals surface area contributed by atoms with E-state index in [1.807, 2.05) is 25.1 Å². The summed E-state index contributed by atoms with van der Waals surface area (Å²) < 4.78 is 11.4. The molecule has 2 aromatic rings. The predicted molar refractivity (Wildman–Crippen MR) is 95.1 cm³/mol. The summed E-state index contributed by atoms with van der Waals surface area (Å²) in [5.41, 5.74) is 2.14. The van der Waals surface area contributed by atoms with Gasteiger partial charge in [-0.05, 0) is 49.6 Å². The number of aryl methyl sites for hydroxylation is 1. The van der Waals surface area contributed by atoms with Crippen LogP contribution in [0.4, 0.5) is 5.69 Å². The van der Waals surface area contributed by atoms with Crippen molar-refractivity contribution in [1.82, 2.24) is 0 Å². The average molecular weight is 346 g/mol. The lowest BCUT2D eigenvalue weighted by molar-refractivity contribution is 0.0673. The van der Waals surface area contributed by atoms with Crippen molar-refractivity contribution in [3.8, 4) is 5.75 Å². The topological polar surface area (TPSA) is 47.6 Å². The summed E-state index contributed by atoms with van der Waals surface area (Å²) in [5, 5.41) is 3.48. The van der Waals surface area contributed by atoms with Gasteiger partial charge in [-0.3, -0.25) is 4.79 Å². The van der Waals surface area contributed by atoms with Crippen molar-refractivity contribution in [3.05, 3.63) is 58.6 Å². The van der Waals surface area contributed by atoms with Crippen molar-refractivity contribution in [2.45, 2.75) is 25.9 Å². The summed E-state index contributed by atoms with van der Waals surface area (Å²) in [5.74, 6) is 0.341. The van der Waals surface area contributed by atoms with Crippen molar-refractivity contribution < 1.29 is 14.3 Å². The molecule has 3 rings (SSSR count). The first-order valence-corrected chi connectivity index (χ1v) is 8.42. The Morgan fingerprint density at radius 2 is 2.17 bits per heavy atom. The molecule has 1 N–H and O–H groups in total. The van der Waals surface area contributed by atoms with E-state index < -0.39 is 0 Å². The molecule has 0 aromatic heterocycles.